The molecular weight excluding hydrogens is 627 g/mol. The van der Waals surface area contributed by atoms with Gasteiger partial charge >= 0.3 is 20.9 Å². The Morgan fingerprint density at radius 2 is 0.827 bits per heavy atom. The minimum Gasteiger partial charge on any atom is -0.423 e. The van der Waals surface area contributed by atoms with Gasteiger partial charge in [0.2, 0.25) is 0 Å². The SMILES string of the molecule is C1=CB2N(C=C1)B(c1ccccc1)N(c1ccccc1)B(c1ccccc1)N2c1ccc(-c2ccc3c4ccccc4c4ccccc4c3c2)cc1. The second-order valence-corrected chi connectivity index (χ2v) is 13.7. The Hall–Kier alpha value is -6.39. The fraction of sp³-hybridized carbons (Fsp3) is 0. The first-order chi connectivity index (χ1) is 25.8. The highest BCUT2D eigenvalue weighted by atomic mass is 15.3. The lowest BCUT2D eigenvalue weighted by Crippen LogP contribution is -2.82. The molecule has 0 amide bonds. The fourth-order valence-corrected chi connectivity index (χ4v) is 8.51. The number of benzene rings is 8. The molecule has 0 radical (unpaired) electrons. The van der Waals surface area contributed by atoms with Crippen molar-refractivity contribution in [2.24, 2.45) is 0 Å². The van der Waals surface area contributed by atoms with E-state index in [1.165, 1.54) is 60.1 Å². The average Bonchev–Trinajstić information content (AvgIpc) is 3.24. The van der Waals surface area contributed by atoms with Gasteiger partial charge < -0.3 is 14.2 Å². The van der Waals surface area contributed by atoms with E-state index in [2.05, 4.69) is 220 Å². The maximum atomic E-state index is 2.58. The van der Waals surface area contributed by atoms with Crippen LogP contribution in [0, 0.1) is 0 Å². The molecular formula is C46H34B3N3. The molecule has 8 aromatic carbocycles. The quantitative estimate of drug-likeness (QED) is 0.135. The monoisotopic (exact) mass is 661 g/mol. The molecule has 1 saturated heterocycles. The van der Waals surface area contributed by atoms with Crippen LogP contribution in [0.1, 0.15) is 0 Å². The Balaban J connectivity index is 1.12. The third-order valence-electron chi connectivity index (χ3n) is 10.8. The van der Waals surface area contributed by atoms with Crippen LogP contribution in [0.15, 0.2) is 206 Å². The first kappa shape index (κ1) is 30.4. The highest BCUT2D eigenvalue weighted by molar-refractivity contribution is 7.08. The summed E-state index contributed by atoms with van der Waals surface area (Å²) in [6.07, 6.45) is 6.60. The number of hydrogen-bond acceptors (Lipinski definition) is 3. The van der Waals surface area contributed by atoms with Crippen molar-refractivity contribution in [3.8, 4) is 11.1 Å². The molecule has 52 heavy (non-hydrogen) atoms. The third-order valence-corrected chi connectivity index (χ3v) is 10.8. The van der Waals surface area contributed by atoms with Crippen LogP contribution in [0.2, 0.25) is 0 Å². The maximum Gasteiger partial charge on any atom is 0.388 e. The molecule has 1 fully saturated rings. The number of anilines is 2. The minimum atomic E-state index is -0.0858. The van der Waals surface area contributed by atoms with E-state index in [0.717, 1.165) is 5.69 Å². The van der Waals surface area contributed by atoms with Crippen molar-refractivity contribution < 1.29 is 0 Å². The molecule has 3 nitrogen and oxygen atoms in total. The fourth-order valence-electron chi connectivity index (χ4n) is 8.51. The summed E-state index contributed by atoms with van der Waals surface area (Å²) >= 11 is 0. The van der Waals surface area contributed by atoms with Gasteiger partial charge in [0.1, 0.15) is 0 Å². The Labute approximate surface area is 306 Å². The zero-order valence-electron chi connectivity index (χ0n) is 28.7. The van der Waals surface area contributed by atoms with Crippen LogP contribution in [0.3, 0.4) is 0 Å². The molecule has 242 valence electrons. The molecule has 0 saturated carbocycles. The molecule has 10 rings (SSSR count). The lowest BCUT2D eigenvalue weighted by Gasteiger charge is -2.55. The summed E-state index contributed by atoms with van der Waals surface area (Å²) in [4.78, 5) is 0. The van der Waals surface area contributed by atoms with E-state index in [0.29, 0.717) is 0 Å². The molecule has 0 aliphatic carbocycles. The number of nitrogens with zero attached hydrogens (tertiary/aromatic N) is 3. The predicted octanol–water partition coefficient (Wildman–Crippen LogP) is 9.34. The number of allylic oxidation sites excluding steroid dienone is 2. The van der Waals surface area contributed by atoms with Gasteiger partial charge in [-0.25, -0.2) is 0 Å². The topological polar surface area (TPSA) is 9.72 Å². The Bertz CT molecular complexity index is 2580. The number of rotatable bonds is 5. The van der Waals surface area contributed by atoms with Crippen molar-refractivity contribution in [3.05, 3.63) is 206 Å². The molecule has 2 aliphatic heterocycles. The molecule has 0 atom stereocenters. The van der Waals surface area contributed by atoms with Gasteiger partial charge in [-0.15, -0.1) is 0 Å². The zero-order valence-corrected chi connectivity index (χ0v) is 28.7. The largest absolute Gasteiger partial charge is 0.423 e. The highest BCUT2D eigenvalue weighted by Gasteiger charge is 2.53. The normalized spacial score (nSPS) is 14.2. The Morgan fingerprint density at radius 1 is 0.346 bits per heavy atom. The lowest BCUT2D eigenvalue weighted by atomic mass is 9.38. The van der Waals surface area contributed by atoms with Crippen LogP contribution in [0.25, 0.3) is 43.4 Å². The van der Waals surface area contributed by atoms with E-state index in [-0.39, 0.29) is 20.9 Å². The van der Waals surface area contributed by atoms with Gasteiger partial charge in [-0.2, -0.15) is 0 Å². The van der Waals surface area contributed by atoms with Crippen molar-refractivity contribution in [2.75, 3.05) is 9.44 Å². The third kappa shape index (κ3) is 5.02. The zero-order chi connectivity index (χ0) is 34.4. The van der Waals surface area contributed by atoms with Crippen molar-refractivity contribution in [1.82, 2.24) is 4.72 Å². The van der Waals surface area contributed by atoms with Gasteiger partial charge in [0.15, 0.2) is 0 Å². The van der Waals surface area contributed by atoms with Gasteiger partial charge in [-0.3, -0.25) is 0 Å². The number of para-hydroxylation sites is 1. The van der Waals surface area contributed by atoms with Crippen LogP contribution in [0.5, 0.6) is 0 Å². The molecule has 2 heterocycles. The molecule has 8 aromatic rings. The standard InChI is InChI=1S/C46H34B3N3/c1-4-16-37(17-5-1)48-50-33-15-14-32-47(50)51(49(38-18-6-2-7-19-38)52(48)39-20-8-3-9-21-39)40-29-26-35(27-30-40)36-28-31-45-43-24-11-10-22-41(43)42-23-12-13-25-44(42)46(45)34-36/h1-34H. The summed E-state index contributed by atoms with van der Waals surface area (Å²) in [5.41, 5.74) is 7.25. The molecule has 0 unspecified atom stereocenters. The molecule has 0 spiro atoms. The van der Waals surface area contributed by atoms with E-state index in [1.807, 2.05) is 0 Å². The minimum absolute atomic E-state index is 0.00783. The van der Waals surface area contributed by atoms with Crippen LogP contribution < -0.4 is 20.4 Å². The van der Waals surface area contributed by atoms with Gasteiger partial charge in [-0.1, -0.05) is 164 Å². The summed E-state index contributed by atoms with van der Waals surface area (Å²) < 4.78 is 7.65. The van der Waals surface area contributed by atoms with Crippen molar-refractivity contribution in [2.45, 2.75) is 0 Å². The smallest absolute Gasteiger partial charge is 0.388 e. The van der Waals surface area contributed by atoms with Gasteiger partial charge in [0, 0.05) is 11.4 Å². The first-order valence-corrected chi connectivity index (χ1v) is 18.1. The highest BCUT2D eigenvalue weighted by Crippen LogP contribution is 2.38. The predicted molar refractivity (Wildman–Crippen MR) is 225 cm³/mol. The van der Waals surface area contributed by atoms with E-state index in [1.54, 1.807) is 0 Å². The van der Waals surface area contributed by atoms with E-state index >= 15 is 0 Å². The van der Waals surface area contributed by atoms with Crippen LogP contribution in [-0.2, 0) is 0 Å². The van der Waals surface area contributed by atoms with Gasteiger partial charge in [0.05, 0.1) is 0 Å². The molecule has 2 aliphatic rings. The van der Waals surface area contributed by atoms with Crippen molar-refractivity contribution in [1.29, 1.82) is 0 Å². The average molecular weight is 661 g/mol. The van der Waals surface area contributed by atoms with Crippen LogP contribution in [0.4, 0.5) is 11.4 Å². The molecule has 0 aromatic heterocycles. The van der Waals surface area contributed by atoms with Crippen LogP contribution >= 0.6 is 0 Å². The van der Waals surface area contributed by atoms with Gasteiger partial charge in [0.25, 0.3) is 0 Å². The van der Waals surface area contributed by atoms with Crippen LogP contribution in [-0.4, -0.2) is 25.7 Å². The number of hydrogen-bond donors (Lipinski definition) is 0. The second kappa shape index (κ2) is 12.7. The Morgan fingerprint density at radius 3 is 1.44 bits per heavy atom. The van der Waals surface area contributed by atoms with Crippen molar-refractivity contribution in [3.63, 3.8) is 0 Å². The lowest BCUT2D eigenvalue weighted by molar-refractivity contribution is 0.864. The first-order valence-electron chi connectivity index (χ1n) is 18.1. The molecule has 6 heteroatoms. The van der Waals surface area contributed by atoms with E-state index in [9.17, 15) is 0 Å². The Kier molecular flexibility index (Phi) is 7.46. The van der Waals surface area contributed by atoms with E-state index < -0.39 is 0 Å². The maximum absolute atomic E-state index is 2.58. The summed E-state index contributed by atoms with van der Waals surface area (Å²) in [5.74, 6) is 2.33. The molecule has 0 bridgehead atoms. The summed E-state index contributed by atoms with van der Waals surface area (Å²) in [7, 11) is 0. The summed E-state index contributed by atoms with van der Waals surface area (Å²) in [6.45, 7) is -0.122. The van der Waals surface area contributed by atoms with Gasteiger partial charge in [-0.05, 0) is 97.0 Å². The molecule has 0 N–H and O–H groups in total. The summed E-state index contributed by atoms with van der Waals surface area (Å²) in [5, 5.41) is 7.77. The van der Waals surface area contributed by atoms with Crippen molar-refractivity contribution >= 4 is 75.6 Å². The van der Waals surface area contributed by atoms with E-state index in [4.69, 9.17) is 0 Å². The number of fused-ring (bicyclic) bond motifs is 7. The second-order valence-electron chi connectivity index (χ2n) is 13.7. The summed E-state index contributed by atoms with van der Waals surface area (Å²) in [6, 6.07) is 66.5.